The maximum absolute atomic E-state index is 13.7. The van der Waals surface area contributed by atoms with E-state index in [9.17, 15) is 4.39 Å². The summed E-state index contributed by atoms with van der Waals surface area (Å²) in [5.41, 5.74) is 0.549. The van der Waals surface area contributed by atoms with Crippen molar-refractivity contribution in [2.45, 2.75) is 5.88 Å². The molecular weight excluding hydrogens is 297 g/mol. The number of alkyl halides is 1. The second-order valence-electron chi connectivity index (χ2n) is 3.54. The SMILES string of the molecule is Fc1cccc(CCl)c1Oc1cc(Cl)ccc1Cl. The van der Waals surface area contributed by atoms with E-state index in [4.69, 9.17) is 39.5 Å². The summed E-state index contributed by atoms with van der Waals surface area (Å²) < 4.78 is 19.2. The predicted molar refractivity (Wildman–Crippen MR) is 72.5 cm³/mol. The Morgan fingerprint density at radius 1 is 1.11 bits per heavy atom. The Morgan fingerprint density at radius 2 is 1.89 bits per heavy atom. The van der Waals surface area contributed by atoms with Crippen molar-refractivity contribution in [3.05, 3.63) is 57.8 Å². The lowest BCUT2D eigenvalue weighted by atomic mass is 10.2. The van der Waals surface area contributed by atoms with Gasteiger partial charge in [-0.3, -0.25) is 0 Å². The topological polar surface area (TPSA) is 9.23 Å². The van der Waals surface area contributed by atoms with E-state index in [2.05, 4.69) is 0 Å². The Morgan fingerprint density at radius 3 is 2.61 bits per heavy atom. The Hall–Kier alpha value is -0.960. The van der Waals surface area contributed by atoms with Crippen molar-refractivity contribution in [3.8, 4) is 11.5 Å². The van der Waals surface area contributed by atoms with Crippen LogP contribution in [-0.4, -0.2) is 0 Å². The fourth-order valence-corrected chi connectivity index (χ4v) is 1.97. The molecule has 0 saturated heterocycles. The lowest BCUT2D eigenvalue weighted by Gasteiger charge is -2.11. The van der Waals surface area contributed by atoms with Gasteiger partial charge in [0.1, 0.15) is 5.75 Å². The number of hydrogen-bond donors (Lipinski definition) is 0. The quantitative estimate of drug-likeness (QED) is 0.664. The number of rotatable bonds is 3. The lowest BCUT2D eigenvalue weighted by Crippen LogP contribution is -1.94. The third kappa shape index (κ3) is 2.89. The van der Waals surface area contributed by atoms with Gasteiger partial charge < -0.3 is 4.74 Å². The molecule has 0 aliphatic carbocycles. The third-order valence-corrected chi connectivity index (χ3v) is 3.13. The van der Waals surface area contributed by atoms with Crippen molar-refractivity contribution in [1.29, 1.82) is 0 Å². The second-order valence-corrected chi connectivity index (χ2v) is 4.65. The van der Waals surface area contributed by atoms with Crippen LogP contribution in [0, 0.1) is 5.82 Å². The molecule has 2 rings (SSSR count). The molecule has 0 spiro atoms. The Balaban J connectivity index is 2.42. The first-order chi connectivity index (χ1) is 8.61. The van der Waals surface area contributed by atoms with E-state index in [-0.39, 0.29) is 11.6 Å². The molecule has 0 saturated carbocycles. The van der Waals surface area contributed by atoms with Crippen LogP contribution in [0.2, 0.25) is 10.0 Å². The highest BCUT2D eigenvalue weighted by molar-refractivity contribution is 6.34. The normalized spacial score (nSPS) is 10.4. The summed E-state index contributed by atoms with van der Waals surface area (Å²) in [6, 6.07) is 9.28. The summed E-state index contributed by atoms with van der Waals surface area (Å²) in [6.45, 7) is 0. The van der Waals surface area contributed by atoms with Crippen molar-refractivity contribution >= 4 is 34.8 Å². The highest BCUT2D eigenvalue weighted by Crippen LogP contribution is 2.35. The molecule has 2 aromatic carbocycles. The van der Waals surface area contributed by atoms with Crippen molar-refractivity contribution < 1.29 is 9.13 Å². The molecule has 0 bridgehead atoms. The predicted octanol–water partition coefficient (Wildman–Crippen LogP) is 5.66. The van der Waals surface area contributed by atoms with Gasteiger partial charge >= 0.3 is 0 Å². The highest BCUT2D eigenvalue weighted by atomic mass is 35.5. The zero-order valence-corrected chi connectivity index (χ0v) is 11.4. The molecule has 0 amide bonds. The molecule has 0 fully saturated rings. The molecule has 0 heterocycles. The number of hydrogen-bond acceptors (Lipinski definition) is 1. The standard InChI is InChI=1S/C13H8Cl3FO/c14-7-8-2-1-3-11(17)13(8)18-12-6-9(15)4-5-10(12)16/h1-6H,7H2. The molecule has 0 aliphatic rings. The summed E-state index contributed by atoms with van der Waals surface area (Å²) in [4.78, 5) is 0. The van der Waals surface area contributed by atoms with E-state index in [1.54, 1.807) is 24.3 Å². The van der Waals surface area contributed by atoms with Crippen LogP contribution < -0.4 is 4.74 Å². The molecular formula is C13H8Cl3FO. The van der Waals surface area contributed by atoms with Crippen molar-refractivity contribution in [3.63, 3.8) is 0 Å². The molecule has 5 heteroatoms. The molecule has 2 aromatic rings. The zero-order valence-electron chi connectivity index (χ0n) is 9.09. The van der Waals surface area contributed by atoms with Gasteiger partial charge in [-0.2, -0.15) is 0 Å². The van der Waals surface area contributed by atoms with Gasteiger partial charge in [0, 0.05) is 16.7 Å². The van der Waals surface area contributed by atoms with Gasteiger partial charge in [-0.05, 0) is 18.2 Å². The van der Waals surface area contributed by atoms with E-state index in [0.717, 1.165) is 0 Å². The van der Waals surface area contributed by atoms with Crippen molar-refractivity contribution in [2.75, 3.05) is 0 Å². The third-order valence-electron chi connectivity index (χ3n) is 2.30. The number of ether oxygens (including phenoxy) is 1. The van der Waals surface area contributed by atoms with Gasteiger partial charge in [-0.25, -0.2) is 4.39 Å². The Labute approximate surface area is 119 Å². The fourth-order valence-electron chi connectivity index (χ4n) is 1.44. The smallest absolute Gasteiger partial charge is 0.167 e. The summed E-state index contributed by atoms with van der Waals surface area (Å²) in [5, 5.41) is 0.807. The second kappa shape index (κ2) is 5.79. The van der Waals surface area contributed by atoms with Crippen LogP contribution in [0.4, 0.5) is 4.39 Å². The Bertz CT molecular complexity index is 572. The molecule has 0 N–H and O–H groups in total. The monoisotopic (exact) mass is 304 g/mol. The zero-order chi connectivity index (χ0) is 13.1. The van der Waals surface area contributed by atoms with E-state index in [1.807, 2.05) is 0 Å². The van der Waals surface area contributed by atoms with E-state index in [1.165, 1.54) is 12.1 Å². The molecule has 0 radical (unpaired) electrons. The molecule has 0 aliphatic heterocycles. The van der Waals surface area contributed by atoms with Crippen molar-refractivity contribution in [1.82, 2.24) is 0 Å². The van der Waals surface area contributed by atoms with Gasteiger partial charge in [0.2, 0.25) is 0 Å². The van der Waals surface area contributed by atoms with Crippen LogP contribution >= 0.6 is 34.8 Å². The maximum atomic E-state index is 13.7. The Kier molecular flexibility index (Phi) is 4.33. The molecule has 1 nitrogen and oxygen atoms in total. The van der Waals surface area contributed by atoms with E-state index in [0.29, 0.717) is 21.4 Å². The van der Waals surface area contributed by atoms with Gasteiger partial charge in [0.25, 0.3) is 0 Å². The minimum Gasteiger partial charge on any atom is -0.452 e. The molecule has 18 heavy (non-hydrogen) atoms. The van der Waals surface area contributed by atoms with Crippen LogP contribution in [-0.2, 0) is 5.88 Å². The lowest BCUT2D eigenvalue weighted by molar-refractivity contribution is 0.438. The van der Waals surface area contributed by atoms with Crippen LogP contribution in [0.15, 0.2) is 36.4 Å². The number of para-hydroxylation sites is 1. The average Bonchev–Trinajstić information content (AvgIpc) is 2.36. The fraction of sp³-hybridized carbons (Fsp3) is 0.0769. The first-order valence-corrected chi connectivity index (χ1v) is 6.37. The average molecular weight is 306 g/mol. The van der Waals surface area contributed by atoms with Gasteiger partial charge in [0.05, 0.1) is 10.9 Å². The highest BCUT2D eigenvalue weighted by Gasteiger charge is 2.12. The minimum atomic E-state index is -0.496. The first-order valence-electron chi connectivity index (χ1n) is 5.08. The molecule has 0 aromatic heterocycles. The summed E-state index contributed by atoms with van der Waals surface area (Å²) >= 11 is 17.5. The summed E-state index contributed by atoms with van der Waals surface area (Å²) in [6.07, 6.45) is 0. The molecule has 94 valence electrons. The maximum Gasteiger partial charge on any atom is 0.167 e. The minimum absolute atomic E-state index is 0.0664. The summed E-state index contributed by atoms with van der Waals surface area (Å²) in [5.74, 6) is 0.00662. The molecule has 0 unspecified atom stereocenters. The van der Waals surface area contributed by atoms with E-state index < -0.39 is 5.82 Å². The largest absolute Gasteiger partial charge is 0.452 e. The van der Waals surface area contributed by atoms with Crippen LogP contribution in [0.3, 0.4) is 0 Å². The van der Waals surface area contributed by atoms with Gasteiger partial charge in [0.15, 0.2) is 11.6 Å². The first kappa shape index (κ1) is 13.5. The van der Waals surface area contributed by atoms with E-state index >= 15 is 0 Å². The van der Waals surface area contributed by atoms with Gasteiger partial charge in [-0.1, -0.05) is 35.3 Å². The van der Waals surface area contributed by atoms with Gasteiger partial charge in [-0.15, -0.1) is 11.6 Å². The summed E-state index contributed by atoms with van der Waals surface area (Å²) in [7, 11) is 0. The van der Waals surface area contributed by atoms with Crippen LogP contribution in [0.25, 0.3) is 0 Å². The van der Waals surface area contributed by atoms with Crippen molar-refractivity contribution in [2.24, 2.45) is 0 Å². The number of benzene rings is 2. The van der Waals surface area contributed by atoms with Crippen LogP contribution in [0.1, 0.15) is 5.56 Å². The number of halogens is 4. The molecule has 0 atom stereocenters. The van der Waals surface area contributed by atoms with Crippen LogP contribution in [0.5, 0.6) is 11.5 Å².